The molecule has 0 radical (unpaired) electrons. The van der Waals surface area contributed by atoms with Crippen molar-refractivity contribution in [1.82, 2.24) is 0 Å². The fourth-order valence-electron chi connectivity index (χ4n) is 5.58. The summed E-state index contributed by atoms with van der Waals surface area (Å²) >= 11 is 0. The lowest BCUT2D eigenvalue weighted by Gasteiger charge is -2.45. The molecule has 0 aromatic rings. The number of aliphatic carboxylic acids is 2. The molecule has 0 saturated carbocycles. The van der Waals surface area contributed by atoms with E-state index in [1.807, 2.05) is 0 Å². The molecule has 234 valence electrons. The van der Waals surface area contributed by atoms with Gasteiger partial charge in [0.05, 0.1) is 6.42 Å². The van der Waals surface area contributed by atoms with E-state index in [4.69, 9.17) is 9.47 Å². The molecule has 8 nitrogen and oxygen atoms in total. The van der Waals surface area contributed by atoms with E-state index in [-0.39, 0.29) is 19.4 Å². The first-order chi connectivity index (χ1) is 19.1. The molecule has 0 rings (SSSR count). The first kappa shape index (κ1) is 38.0. The van der Waals surface area contributed by atoms with E-state index >= 15 is 0 Å². The van der Waals surface area contributed by atoms with E-state index < -0.39 is 41.3 Å². The van der Waals surface area contributed by atoms with Crippen LogP contribution in [0, 0.1) is 5.41 Å². The number of hydrogen-bond acceptors (Lipinski definition) is 6. The number of rotatable bonds is 27. The predicted octanol–water partition coefficient (Wildman–Crippen LogP) is 8.24. The van der Waals surface area contributed by atoms with Gasteiger partial charge in [-0.05, 0) is 19.3 Å². The van der Waals surface area contributed by atoms with Gasteiger partial charge in [-0.15, -0.1) is 0 Å². The summed E-state index contributed by atoms with van der Waals surface area (Å²) in [6.07, 6.45) is 15.8. The highest BCUT2D eigenvalue weighted by Gasteiger charge is 2.63. The maximum Gasteiger partial charge on any atom is 0.337 e. The molecule has 0 amide bonds. The van der Waals surface area contributed by atoms with Crippen LogP contribution >= 0.6 is 0 Å². The van der Waals surface area contributed by atoms with Crippen LogP contribution in [0.1, 0.15) is 163 Å². The Hall–Kier alpha value is -1.96. The van der Waals surface area contributed by atoms with Gasteiger partial charge < -0.3 is 19.7 Å². The van der Waals surface area contributed by atoms with E-state index in [1.165, 1.54) is 0 Å². The second-order valence-electron chi connectivity index (χ2n) is 11.3. The summed E-state index contributed by atoms with van der Waals surface area (Å²) in [5.74, 6) is -4.67. The van der Waals surface area contributed by atoms with Crippen LogP contribution in [0.25, 0.3) is 0 Å². The molecular weight excluding hydrogens is 512 g/mol. The van der Waals surface area contributed by atoms with Crippen molar-refractivity contribution < 1.29 is 38.9 Å². The van der Waals surface area contributed by atoms with Gasteiger partial charge in [0.2, 0.25) is 0 Å². The van der Waals surface area contributed by atoms with Crippen molar-refractivity contribution in [3.8, 4) is 0 Å². The van der Waals surface area contributed by atoms with Crippen molar-refractivity contribution in [2.75, 3.05) is 6.61 Å². The van der Waals surface area contributed by atoms with E-state index in [9.17, 15) is 29.4 Å². The number of unbranched alkanes of at least 4 members (excludes halogenated alkanes) is 15. The summed E-state index contributed by atoms with van der Waals surface area (Å²) in [6.45, 7) is 7.50. The molecule has 1 unspecified atom stereocenters. The zero-order chi connectivity index (χ0) is 30.3. The Morgan fingerprint density at radius 3 is 1.38 bits per heavy atom. The molecule has 40 heavy (non-hydrogen) atoms. The van der Waals surface area contributed by atoms with Gasteiger partial charge in [-0.1, -0.05) is 130 Å². The normalized spacial score (nSPS) is 13.1. The highest BCUT2D eigenvalue weighted by atomic mass is 16.6. The van der Waals surface area contributed by atoms with Crippen molar-refractivity contribution in [1.29, 1.82) is 0 Å². The Morgan fingerprint density at radius 2 is 1.00 bits per heavy atom. The molecule has 0 aliphatic heterocycles. The molecule has 2 N–H and O–H groups in total. The van der Waals surface area contributed by atoms with Gasteiger partial charge in [0.15, 0.2) is 5.60 Å². The largest absolute Gasteiger partial charge is 0.481 e. The molecule has 0 bridgehead atoms. The summed E-state index contributed by atoms with van der Waals surface area (Å²) in [4.78, 5) is 50.9. The van der Waals surface area contributed by atoms with Crippen LogP contribution < -0.4 is 0 Å². The molecule has 0 saturated heterocycles. The van der Waals surface area contributed by atoms with E-state index in [1.54, 1.807) is 0 Å². The lowest BCUT2D eigenvalue weighted by molar-refractivity contribution is -0.211. The van der Waals surface area contributed by atoms with Gasteiger partial charge in [0, 0.05) is 13.5 Å². The van der Waals surface area contributed by atoms with E-state index in [2.05, 4.69) is 20.8 Å². The summed E-state index contributed by atoms with van der Waals surface area (Å²) < 4.78 is 11.2. The van der Waals surface area contributed by atoms with Crippen LogP contribution in [0.4, 0.5) is 0 Å². The molecule has 0 fully saturated rings. The topological polar surface area (TPSA) is 127 Å². The fourth-order valence-corrected chi connectivity index (χ4v) is 5.58. The SMILES string of the molecule is CCCCCCCCOC(CC(=O)O)(C(=O)O)C(CCCCCCCC)(CCCCCCCC)C(=O)OC(C)=O. The molecule has 0 spiro atoms. The van der Waals surface area contributed by atoms with Crippen LogP contribution in [0.3, 0.4) is 0 Å². The van der Waals surface area contributed by atoms with Crippen molar-refractivity contribution in [3.63, 3.8) is 0 Å². The Bertz CT molecular complexity index is 704. The van der Waals surface area contributed by atoms with Gasteiger partial charge in [-0.2, -0.15) is 0 Å². The molecule has 0 aromatic carbocycles. The van der Waals surface area contributed by atoms with Crippen LogP contribution in [-0.2, 0) is 28.7 Å². The molecule has 0 aromatic heterocycles. The number of carbonyl (C=O) groups excluding carboxylic acids is 2. The number of esters is 2. The van der Waals surface area contributed by atoms with Crippen LogP contribution in [0.2, 0.25) is 0 Å². The number of carboxylic acid groups (broad SMARTS) is 2. The number of hydrogen-bond donors (Lipinski definition) is 2. The minimum absolute atomic E-state index is 0.0216. The van der Waals surface area contributed by atoms with Gasteiger partial charge in [0.25, 0.3) is 0 Å². The number of carbonyl (C=O) groups is 4. The van der Waals surface area contributed by atoms with Gasteiger partial charge in [-0.3, -0.25) is 14.4 Å². The van der Waals surface area contributed by atoms with E-state index in [0.717, 1.165) is 103 Å². The van der Waals surface area contributed by atoms with Crippen LogP contribution in [0.5, 0.6) is 0 Å². The van der Waals surface area contributed by atoms with E-state index in [0.29, 0.717) is 19.3 Å². The fraction of sp³-hybridized carbons (Fsp3) is 0.875. The van der Waals surface area contributed by atoms with Gasteiger partial charge >= 0.3 is 23.9 Å². The van der Waals surface area contributed by atoms with Gasteiger partial charge in [0.1, 0.15) is 5.41 Å². The Morgan fingerprint density at radius 1 is 0.600 bits per heavy atom. The average molecular weight is 571 g/mol. The Labute approximate surface area is 243 Å². The highest BCUT2D eigenvalue weighted by Crippen LogP contribution is 2.48. The minimum Gasteiger partial charge on any atom is -0.481 e. The number of ether oxygens (including phenoxy) is 2. The molecule has 8 heteroatoms. The predicted molar refractivity (Wildman–Crippen MR) is 157 cm³/mol. The Kier molecular flexibility index (Phi) is 21.6. The third kappa shape index (κ3) is 14.1. The van der Waals surface area contributed by atoms with Gasteiger partial charge in [-0.25, -0.2) is 4.79 Å². The first-order valence-corrected chi connectivity index (χ1v) is 16.0. The Balaban J connectivity index is 6.32. The second kappa shape index (κ2) is 22.7. The maximum atomic E-state index is 13.8. The average Bonchev–Trinajstić information content (AvgIpc) is 2.89. The zero-order valence-corrected chi connectivity index (χ0v) is 25.9. The number of carboxylic acids is 2. The molecule has 0 aliphatic rings. The third-order valence-corrected chi connectivity index (χ3v) is 7.91. The van der Waals surface area contributed by atoms with Crippen molar-refractivity contribution in [3.05, 3.63) is 0 Å². The van der Waals surface area contributed by atoms with Crippen molar-refractivity contribution >= 4 is 23.9 Å². The summed E-state index contributed by atoms with van der Waals surface area (Å²) in [5.41, 5.74) is -4.12. The molecule has 0 aliphatic carbocycles. The zero-order valence-electron chi connectivity index (χ0n) is 25.9. The third-order valence-electron chi connectivity index (χ3n) is 7.91. The minimum atomic E-state index is -2.33. The molecule has 1 atom stereocenters. The summed E-state index contributed by atoms with van der Waals surface area (Å²) in [5, 5.41) is 20.5. The van der Waals surface area contributed by atoms with Crippen LogP contribution in [0.15, 0.2) is 0 Å². The standard InChI is InChI=1S/C32H58O8/c1-5-8-11-14-17-20-23-31(30(38)40-27(4)33,24-21-18-15-12-9-6-2)32(29(36)37,26-28(34)35)39-25-22-19-16-13-10-7-3/h5-26H2,1-4H3,(H,34,35)(H,36,37). The lowest BCUT2D eigenvalue weighted by Crippen LogP contribution is -2.61. The van der Waals surface area contributed by atoms with Crippen LogP contribution in [-0.4, -0.2) is 46.3 Å². The summed E-state index contributed by atoms with van der Waals surface area (Å²) in [6, 6.07) is 0. The maximum absolute atomic E-state index is 13.8. The monoisotopic (exact) mass is 570 g/mol. The quantitative estimate of drug-likeness (QED) is 0.0574. The van der Waals surface area contributed by atoms with Crippen molar-refractivity contribution in [2.45, 2.75) is 168 Å². The smallest absolute Gasteiger partial charge is 0.337 e. The molecule has 0 heterocycles. The first-order valence-electron chi connectivity index (χ1n) is 16.0. The van der Waals surface area contributed by atoms with Crippen molar-refractivity contribution in [2.24, 2.45) is 5.41 Å². The second-order valence-corrected chi connectivity index (χ2v) is 11.3. The lowest BCUT2D eigenvalue weighted by atomic mass is 9.63. The summed E-state index contributed by atoms with van der Waals surface area (Å²) in [7, 11) is 0. The highest BCUT2D eigenvalue weighted by molar-refractivity contribution is 5.96. The molecular formula is C32H58O8.